The minimum atomic E-state index is -1.05. The van der Waals surface area contributed by atoms with E-state index in [0.717, 1.165) is 11.3 Å². The second-order valence-corrected chi connectivity index (χ2v) is 3.83. The van der Waals surface area contributed by atoms with E-state index in [4.69, 9.17) is 16.7 Å². The molecule has 1 heterocycles. The first-order valence-electron chi connectivity index (χ1n) is 4.62. The van der Waals surface area contributed by atoms with Crippen molar-refractivity contribution in [2.45, 2.75) is 6.92 Å². The van der Waals surface area contributed by atoms with Crippen LogP contribution in [0.2, 0.25) is 5.02 Å². The van der Waals surface area contributed by atoms with Crippen LogP contribution in [-0.4, -0.2) is 20.6 Å². The molecule has 0 unspecified atom stereocenters. The van der Waals surface area contributed by atoms with E-state index in [1.807, 2.05) is 19.1 Å². The number of rotatable bonds is 2. The fourth-order valence-electron chi connectivity index (χ4n) is 1.39. The second-order valence-electron chi connectivity index (χ2n) is 3.43. The van der Waals surface area contributed by atoms with E-state index in [2.05, 4.69) is 4.98 Å². The number of carbonyl (C=O) groups is 1. The molecule has 1 N–H and O–H groups in total. The number of benzene rings is 1. The van der Waals surface area contributed by atoms with Gasteiger partial charge in [-0.2, -0.15) is 0 Å². The van der Waals surface area contributed by atoms with Gasteiger partial charge in [-0.3, -0.25) is 0 Å². The van der Waals surface area contributed by atoms with Gasteiger partial charge in [-0.1, -0.05) is 17.7 Å². The van der Waals surface area contributed by atoms with Gasteiger partial charge in [0.15, 0.2) is 5.69 Å². The molecule has 0 aliphatic heterocycles. The summed E-state index contributed by atoms with van der Waals surface area (Å²) in [6.45, 7) is 1.94. The Morgan fingerprint density at radius 3 is 2.88 bits per heavy atom. The number of imidazole rings is 1. The van der Waals surface area contributed by atoms with Crippen molar-refractivity contribution in [1.29, 1.82) is 0 Å². The number of carboxylic acid groups (broad SMARTS) is 1. The first-order chi connectivity index (χ1) is 7.58. The first-order valence-corrected chi connectivity index (χ1v) is 4.99. The molecule has 0 saturated carbocycles. The summed E-state index contributed by atoms with van der Waals surface area (Å²) in [5, 5.41) is 9.32. The Hall–Kier alpha value is -1.81. The van der Waals surface area contributed by atoms with Crippen LogP contribution in [0.5, 0.6) is 0 Å². The molecule has 2 rings (SSSR count). The third-order valence-corrected chi connectivity index (χ3v) is 2.50. The Labute approximate surface area is 97.1 Å². The van der Waals surface area contributed by atoms with Gasteiger partial charge in [0.1, 0.15) is 6.33 Å². The average Bonchev–Trinajstić information content (AvgIpc) is 2.70. The van der Waals surface area contributed by atoms with Crippen molar-refractivity contribution in [2.24, 2.45) is 0 Å². The highest BCUT2D eigenvalue weighted by Gasteiger charge is 2.09. The molecule has 0 bridgehead atoms. The number of halogens is 1. The molecule has 0 saturated heterocycles. The summed E-state index contributed by atoms with van der Waals surface area (Å²) >= 11 is 6.02. The third-order valence-electron chi connectivity index (χ3n) is 2.18. The van der Waals surface area contributed by atoms with Gasteiger partial charge in [0.25, 0.3) is 0 Å². The molecular weight excluding hydrogens is 228 g/mol. The largest absolute Gasteiger partial charge is 0.476 e. The van der Waals surface area contributed by atoms with Crippen LogP contribution in [-0.2, 0) is 0 Å². The molecule has 5 heteroatoms. The summed E-state index contributed by atoms with van der Waals surface area (Å²) in [7, 11) is 0. The monoisotopic (exact) mass is 236 g/mol. The van der Waals surface area contributed by atoms with E-state index in [1.54, 1.807) is 10.6 Å². The summed E-state index contributed by atoms with van der Waals surface area (Å²) in [5.41, 5.74) is 1.77. The summed E-state index contributed by atoms with van der Waals surface area (Å²) in [4.78, 5) is 14.5. The van der Waals surface area contributed by atoms with Gasteiger partial charge >= 0.3 is 5.97 Å². The van der Waals surface area contributed by atoms with Crippen LogP contribution in [0.1, 0.15) is 16.1 Å². The van der Waals surface area contributed by atoms with Gasteiger partial charge in [-0.25, -0.2) is 9.78 Å². The predicted molar refractivity (Wildman–Crippen MR) is 60.3 cm³/mol. The van der Waals surface area contributed by atoms with Gasteiger partial charge in [0.2, 0.25) is 0 Å². The highest BCUT2D eigenvalue weighted by molar-refractivity contribution is 6.32. The molecule has 82 valence electrons. The summed E-state index contributed by atoms with van der Waals surface area (Å²) < 4.78 is 1.60. The topological polar surface area (TPSA) is 55.1 Å². The number of nitrogens with zero attached hydrogens (tertiary/aromatic N) is 2. The van der Waals surface area contributed by atoms with Crippen molar-refractivity contribution in [3.05, 3.63) is 47.0 Å². The van der Waals surface area contributed by atoms with Crippen molar-refractivity contribution in [3.8, 4) is 5.69 Å². The molecule has 4 nitrogen and oxygen atoms in total. The molecule has 1 aromatic carbocycles. The first kappa shape index (κ1) is 10.7. The maximum atomic E-state index is 10.7. The normalized spacial score (nSPS) is 10.4. The Balaban J connectivity index is 2.50. The maximum absolute atomic E-state index is 10.7. The summed E-state index contributed by atoms with van der Waals surface area (Å²) in [6, 6.07) is 5.53. The minimum absolute atomic E-state index is 0.00225. The Kier molecular flexibility index (Phi) is 2.66. The van der Waals surface area contributed by atoms with Crippen LogP contribution in [0.25, 0.3) is 5.69 Å². The number of hydrogen-bond donors (Lipinski definition) is 1. The Morgan fingerprint density at radius 1 is 1.50 bits per heavy atom. The molecule has 16 heavy (non-hydrogen) atoms. The van der Waals surface area contributed by atoms with E-state index < -0.39 is 5.97 Å². The fraction of sp³-hybridized carbons (Fsp3) is 0.0909. The zero-order valence-electron chi connectivity index (χ0n) is 8.51. The van der Waals surface area contributed by atoms with Crippen molar-refractivity contribution >= 4 is 17.6 Å². The number of aryl methyl sites for hydroxylation is 1. The average molecular weight is 237 g/mol. The highest BCUT2D eigenvalue weighted by Crippen LogP contribution is 2.21. The minimum Gasteiger partial charge on any atom is -0.476 e. The zero-order chi connectivity index (χ0) is 11.7. The molecule has 0 radical (unpaired) electrons. The number of carboxylic acids is 1. The standard InChI is InChI=1S/C11H9ClN2O2/c1-7-2-3-8(12)10(4-7)14-5-9(11(15)16)13-6-14/h2-6H,1H3,(H,15,16). The van der Waals surface area contributed by atoms with Gasteiger partial charge < -0.3 is 9.67 Å². The van der Waals surface area contributed by atoms with Gasteiger partial charge in [-0.15, -0.1) is 0 Å². The van der Waals surface area contributed by atoms with E-state index in [1.165, 1.54) is 12.5 Å². The van der Waals surface area contributed by atoms with Gasteiger partial charge in [0, 0.05) is 6.20 Å². The Morgan fingerprint density at radius 2 is 2.25 bits per heavy atom. The molecule has 2 aromatic rings. The smallest absolute Gasteiger partial charge is 0.356 e. The van der Waals surface area contributed by atoms with Crippen LogP contribution < -0.4 is 0 Å². The van der Waals surface area contributed by atoms with Crippen molar-refractivity contribution < 1.29 is 9.90 Å². The van der Waals surface area contributed by atoms with E-state index >= 15 is 0 Å². The quantitative estimate of drug-likeness (QED) is 0.872. The van der Waals surface area contributed by atoms with Gasteiger partial charge in [-0.05, 0) is 24.6 Å². The van der Waals surface area contributed by atoms with E-state index in [9.17, 15) is 4.79 Å². The van der Waals surface area contributed by atoms with Crippen molar-refractivity contribution in [3.63, 3.8) is 0 Å². The Bertz CT molecular complexity index is 549. The van der Waals surface area contributed by atoms with Crippen molar-refractivity contribution in [2.75, 3.05) is 0 Å². The van der Waals surface area contributed by atoms with E-state index in [-0.39, 0.29) is 5.69 Å². The summed E-state index contributed by atoms with van der Waals surface area (Å²) in [5.74, 6) is -1.05. The number of aromatic carboxylic acids is 1. The molecule has 0 spiro atoms. The molecule has 0 amide bonds. The molecule has 0 fully saturated rings. The number of aromatic nitrogens is 2. The predicted octanol–water partition coefficient (Wildman–Crippen LogP) is 2.53. The van der Waals surface area contributed by atoms with Gasteiger partial charge in [0.05, 0.1) is 10.7 Å². The molecule has 0 atom stereocenters. The lowest BCUT2D eigenvalue weighted by atomic mass is 10.2. The fourth-order valence-corrected chi connectivity index (χ4v) is 1.60. The lowest BCUT2D eigenvalue weighted by Crippen LogP contribution is -1.96. The molecule has 0 aliphatic rings. The lowest BCUT2D eigenvalue weighted by Gasteiger charge is -2.05. The maximum Gasteiger partial charge on any atom is 0.356 e. The SMILES string of the molecule is Cc1ccc(Cl)c(-n2cnc(C(=O)O)c2)c1. The highest BCUT2D eigenvalue weighted by atomic mass is 35.5. The zero-order valence-corrected chi connectivity index (χ0v) is 9.27. The van der Waals surface area contributed by atoms with Crippen LogP contribution in [0.15, 0.2) is 30.7 Å². The van der Waals surface area contributed by atoms with Crippen LogP contribution in [0.4, 0.5) is 0 Å². The lowest BCUT2D eigenvalue weighted by molar-refractivity contribution is 0.0691. The molecule has 1 aromatic heterocycles. The second kappa shape index (κ2) is 3.98. The van der Waals surface area contributed by atoms with Crippen LogP contribution in [0, 0.1) is 6.92 Å². The van der Waals surface area contributed by atoms with Crippen molar-refractivity contribution in [1.82, 2.24) is 9.55 Å². The molecular formula is C11H9ClN2O2. The molecule has 0 aliphatic carbocycles. The van der Waals surface area contributed by atoms with E-state index in [0.29, 0.717) is 5.02 Å². The van der Waals surface area contributed by atoms with Crippen LogP contribution >= 0.6 is 11.6 Å². The number of hydrogen-bond acceptors (Lipinski definition) is 2. The third kappa shape index (κ3) is 1.92. The van der Waals surface area contributed by atoms with Crippen LogP contribution in [0.3, 0.4) is 0 Å². The summed E-state index contributed by atoms with van der Waals surface area (Å²) in [6.07, 6.45) is 2.87.